The highest BCUT2D eigenvalue weighted by molar-refractivity contribution is 7.99. The molecule has 3 aromatic rings. The summed E-state index contributed by atoms with van der Waals surface area (Å²) in [5, 5.41) is 0.454. The number of imidazole rings is 1. The Morgan fingerprint density at radius 1 is 1.19 bits per heavy atom. The van der Waals surface area contributed by atoms with E-state index in [9.17, 15) is 18.8 Å². The molecule has 0 aliphatic rings. The molecule has 2 aromatic heterocycles. The van der Waals surface area contributed by atoms with Crippen LogP contribution in [0, 0.1) is 5.82 Å². The summed E-state index contributed by atoms with van der Waals surface area (Å²) in [6, 6.07) is 5.80. The Hall–Kier alpha value is -2.68. The molecular weight excluding hydrogens is 371 g/mol. The summed E-state index contributed by atoms with van der Waals surface area (Å²) >= 11 is 1.13. The van der Waals surface area contributed by atoms with Crippen LogP contribution in [0.1, 0.15) is 23.7 Å². The molecule has 0 aliphatic carbocycles. The third-order valence-corrected chi connectivity index (χ3v) is 5.24. The van der Waals surface area contributed by atoms with E-state index in [4.69, 9.17) is 0 Å². The number of hydrogen-bond acceptors (Lipinski definition) is 5. The van der Waals surface area contributed by atoms with Gasteiger partial charge in [-0.1, -0.05) is 30.8 Å². The van der Waals surface area contributed by atoms with Crippen molar-refractivity contribution in [1.82, 2.24) is 18.7 Å². The van der Waals surface area contributed by atoms with Crippen molar-refractivity contribution < 1.29 is 9.18 Å². The average Bonchev–Trinajstić information content (AvgIpc) is 3.02. The monoisotopic (exact) mass is 390 g/mol. The maximum Gasteiger partial charge on any atom is 0.332 e. The summed E-state index contributed by atoms with van der Waals surface area (Å²) in [6.07, 6.45) is 0.742. The second-order valence-corrected chi connectivity index (χ2v) is 7.06. The summed E-state index contributed by atoms with van der Waals surface area (Å²) < 4.78 is 17.9. The SMILES string of the molecule is CCCn1c(SCC(=O)c2ccccc2F)nc2c1c(=O)n(C)c(=O)n2C. The van der Waals surface area contributed by atoms with Crippen molar-refractivity contribution in [2.75, 3.05) is 5.75 Å². The largest absolute Gasteiger partial charge is 0.332 e. The number of nitrogens with zero attached hydrogens (tertiary/aromatic N) is 4. The highest BCUT2D eigenvalue weighted by Crippen LogP contribution is 2.23. The van der Waals surface area contributed by atoms with Crippen LogP contribution in [0.3, 0.4) is 0 Å². The normalized spacial score (nSPS) is 11.3. The number of carbonyl (C=O) groups is 1. The van der Waals surface area contributed by atoms with Gasteiger partial charge in [-0.15, -0.1) is 0 Å². The lowest BCUT2D eigenvalue weighted by atomic mass is 10.1. The smallest absolute Gasteiger partial charge is 0.313 e. The van der Waals surface area contributed by atoms with E-state index in [-0.39, 0.29) is 22.7 Å². The Bertz CT molecular complexity index is 1150. The second kappa shape index (κ2) is 7.51. The van der Waals surface area contributed by atoms with Crippen LogP contribution in [0.15, 0.2) is 39.0 Å². The van der Waals surface area contributed by atoms with Crippen LogP contribution < -0.4 is 11.2 Å². The predicted molar refractivity (Wildman–Crippen MR) is 102 cm³/mol. The number of ketones is 1. The number of thioether (sulfide) groups is 1. The predicted octanol–water partition coefficient (Wildman–Crippen LogP) is 1.96. The molecule has 27 heavy (non-hydrogen) atoms. The lowest BCUT2D eigenvalue weighted by Gasteiger charge is -2.08. The van der Waals surface area contributed by atoms with Gasteiger partial charge in [-0.25, -0.2) is 14.2 Å². The van der Waals surface area contributed by atoms with Gasteiger partial charge in [0.15, 0.2) is 22.1 Å². The van der Waals surface area contributed by atoms with Gasteiger partial charge in [0, 0.05) is 20.6 Å². The number of carbonyl (C=O) groups excluding carboxylic acids is 1. The second-order valence-electron chi connectivity index (χ2n) is 6.12. The third-order valence-electron chi connectivity index (χ3n) is 4.27. The van der Waals surface area contributed by atoms with Gasteiger partial charge in [0.25, 0.3) is 5.56 Å². The van der Waals surface area contributed by atoms with Crippen molar-refractivity contribution in [3.63, 3.8) is 0 Å². The first kappa shape index (κ1) is 19.1. The average molecular weight is 390 g/mol. The lowest BCUT2D eigenvalue weighted by Crippen LogP contribution is -2.37. The molecule has 142 valence electrons. The van der Waals surface area contributed by atoms with E-state index in [2.05, 4.69) is 4.98 Å². The highest BCUT2D eigenvalue weighted by Gasteiger charge is 2.20. The first-order chi connectivity index (χ1) is 12.9. The Labute approximate surface area is 158 Å². The number of rotatable bonds is 6. The van der Waals surface area contributed by atoms with Gasteiger partial charge >= 0.3 is 5.69 Å². The van der Waals surface area contributed by atoms with Crippen LogP contribution in [0.5, 0.6) is 0 Å². The van der Waals surface area contributed by atoms with E-state index >= 15 is 0 Å². The molecule has 0 atom stereocenters. The molecule has 0 unspecified atom stereocenters. The Morgan fingerprint density at radius 3 is 2.56 bits per heavy atom. The maximum atomic E-state index is 13.8. The number of aryl methyl sites for hydroxylation is 2. The molecule has 1 aromatic carbocycles. The van der Waals surface area contributed by atoms with Gasteiger partial charge in [0.05, 0.1) is 11.3 Å². The minimum absolute atomic E-state index is 0.0199. The van der Waals surface area contributed by atoms with Crippen molar-refractivity contribution in [2.24, 2.45) is 14.1 Å². The van der Waals surface area contributed by atoms with E-state index in [0.717, 1.165) is 22.7 Å². The third kappa shape index (κ3) is 3.34. The molecule has 0 amide bonds. The molecule has 0 spiro atoms. The molecular formula is C18H19FN4O3S. The molecule has 0 N–H and O–H groups in total. The van der Waals surface area contributed by atoms with Crippen molar-refractivity contribution in [3.05, 3.63) is 56.5 Å². The van der Waals surface area contributed by atoms with Gasteiger partial charge in [-0.3, -0.25) is 18.7 Å². The first-order valence-corrected chi connectivity index (χ1v) is 9.42. The number of fused-ring (bicyclic) bond motifs is 1. The topological polar surface area (TPSA) is 78.9 Å². The number of benzene rings is 1. The van der Waals surface area contributed by atoms with Crippen LogP contribution >= 0.6 is 11.8 Å². The van der Waals surface area contributed by atoms with Gasteiger partial charge in [0.1, 0.15) is 5.82 Å². The van der Waals surface area contributed by atoms with Gasteiger partial charge in [-0.2, -0.15) is 0 Å². The number of halogens is 1. The fourth-order valence-electron chi connectivity index (χ4n) is 2.86. The molecule has 0 saturated heterocycles. The van der Waals surface area contributed by atoms with E-state index < -0.39 is 17.1 Å². The van der Waals surface area contributed by atoms with Crippen LogP contribution in [0.25, 0.3) is 11.2 Å². The van der Waals surface area contributed by atoms with Crippen molar-refractivity contribution in [2.45, 2.75) is 25.0 Å². The summed E-state index contributed by atoms with van der Waals surface area (Å²) in [4.78, 5) is 41.5. The lowest BCUT2D eigenvalue weighted by molar-refractivity contribution is 0.101. The zero-order valence-corrected chi connectivity index (χ0v) is 16.0. The molecule has 7 nitrogen and oxygen atoms in total. The zero-order chi connectivity index (χ0) is 19.7. The van der Waals surface area contributed by atoms with Gasteiger partial charge in [0.2, 0.25) is 0 Å². The molecule has 0 saturated carbocycles. The summed E-state index contributed by atoms with van der Waals surface area (Å²) in [7, 11) is 2.97. The minimum atomic E-state index is -0.568. The fourth-order valence-corrected chi connectivity index (χ4v) is 3.77. The molecule has 0 bridgehead atoms. The first-order valence-electron chi connectivity index (χ1n) is 8.43. The quantitative estimate of drug-likeness (QED) is 0.475. The van der Waals surface area contributed by atoms with E-state index in [1.807, 2.05) is 6.92 Å². The van der Waals surface area contributed by atoms with Crippen molar-refractivity contribution >= 4 is 28.7 Å². The van der Waals surface area contributed by atoms with Gasteiger partial charge < -0.3 is 4.57 Å². The fraction of sp³-hybridized carbons (Fsp3) is 0.333. The molecule has 0 radical (unpaired) electrons. The van der Waals surface area contributed by atoms with Crippen molar-refractivity contribution in [3.8, 4) is 0 Å². The number of Topliss-reactive ketones (excluding diaryl/α,β-unsaturated/α-hetero) is 1. The molecule has 9 heteroatoms. The molecule has 2 heterocycles. The number of aromatic nitrogens is 4. The Balaban J connectivity index is 2.03. The summed E-state index contributed by atoms with van der Waals surface area (Å²) in [5.41, 5.74) is -0.278. The highest BCUT2D eigenvalue weighted by atomic mass is 32.2. The standard InChI is InChI=1S/C18H19FN4O3S/c1-4-9-23-14-15(21(2)18(26)22(3)16(14)25)20-17(23)27-10-13(24)11-7-5-6-8-12(11)19/h5-8H,4,9-10H2,1-3H3. The Kier molecular flexibility index (Phi) is 5.31. The molecule has 3 rings (SSSR count). The zero-order valence-electron chi connectivity index (χ0n) is 15.2. The molecule has 0 fully saturated rings. The summed E-state index contributed by atoms with van der Waals surface area (Å²) in [6.45, 7) is 2.47. The van der Waals surface area contributed by atoms with Crippen LogP contribution in [0.2, 0.25) is 0 Å². The minimum Gasteiger partial charge on any atom is -0.313 e. The molecule has 0 aliphatic heterocycles. The van der Waals surface area contributed by atoms with E-state index in [1.165, 1.54) is 29.8 Å². The maximum absolute atomic E-state index is 13.8. The van der Waals surface area contributed by atoms with Crippen LogP contribution in [0.4, 0.5) is 4.39 Å². The van der Waals surface area contributed by atoms with E-state index in [0.29, 0.717) is 17.2 Å². The van der Waals surface area contributed by atoms with Crippen LogP contribution in [-0.2, 0) is 20.6 Å². The van der Waals surface area contributed by atoms with E-state index in [1.54, 1.807) is 17.7 Å². The van der Waals surface area contributed by atoms with Crippen molar-refractivity contribution in [1.29, 1.82) is 0 Å². The Morgan fingerprint density at radius 2 is 1.89 bits per heavy atom. The van der Waals surface area contributed by atoms with Crippen LogP contribution in [-0.4, -0.2) is 30.2 Å². The number of hydrogen-bond donors (Lipinski definition) is 0. The summed E-state index contributed by atoms with van der Waals surface area (Å²) in [5.74, 6) is -0.959. The van der Waals surface area contributed by atoms with Gasteiger partial charge in [-0.05, 0) is 18.6 Å².